The molecule has 1 amide bonds. The summed E-state index contributed by atoms with van der Waals surface area (Å²) < 4.78 is 11.0. The smallest absolute Gasteiger partial charge is 0.255 e. The molecule has 1 saturated heterocycles. The number of benzene rings is 1. The summed E-state index contributed by atoms with van der Waals surface area (Å²) in [6.45, 7) is 3.91. The molecule has 1 aliphatic rings. The molecule has 0 saturated carbocycles. The van der Waals surface area contributed by atoms with E-state index in [1.807, 2.05) is 24.3 Å². The fraction of sp³-hybridized carbons (Fsp3) is 0.368. The predicted octanol–water partition coefficient (Wildman–Crippen LogP) is 2.72. The molecular formula is C19H22ClN3O3. The van der Waals surface area contributed by atoms with Crippen LogP contribution in [0, 0.1) is 0 Å². The van der Waals surface area contributed by atoms with Crippen molar-refractivity contribution in [2.45, 2.75) is 0 Å². The number of hydrogen-bond acceptors (Lipinski definition) is 5. The van der Waals surface area contributed by atoms with Gasteiger partial charge in [-0.2, -0.15) is 0 Å². The third-order valence-electron chi connectivity index (χ3n) is 4.17. The Balaban J connectivity index is 1.51. The summed E-state index contributed by atoms with van der Waals surface area (Å²) in [6, 6.07) is 10.9. The van der Waals surface area contributed by atoms with Crippen LogP contribution in [0.25, 0.3) is 0 Å². The minimum atomic E-state index is -0.0827. The van der Waals surface area contributed by atoms with E-state index in [0.29, 0.717) is 42.7 Å². The van der Waals surface area contributed by atoms with E-state index in [1.165, 1.54) is 0 Å². The number of carbonyl (C=O) groups is 1. The Morgan fingerprint density at radius 3 is 2.81 bits per heavy atom. The molecule has 0 radical (unpaired) electrons. The SMILES string of the molecule is CN(CCOc1cccc(Cl)c1)C(=O)c1ccc(N2CCOCC2)nc1. The van der Waals surface area contributed by atoms with Crippen LogP contribution in [0.15, 0.2) is 42.6 Å². The number of carbonyl (C=O) groups excluding carboxylic acids is 1. The van der Waals surface area contributed by atoms with Gasteiger partial charge in [0.15, 0.2) is 0 Å². The Kier molecular flexibility index (Phi) is 6.30. The van der Waals surface area contributed by atoms with Crippen LogP contribution < -0.4 is 9.64 Å². The first-order chi connectivity index (χ1) is 12.6. The quantitative estimate of drug-likeness (QED) is 0.777. The van der Waals surface area contributed by atoms with Crippen molar-refractivity contribution in [1.29, 1.82) is 0 Å². The number of halogens is 1. The lowest BCUT2D eigenvalue weighted by Crippen LogP contribution is -2.36. The molecule has 1 fully saturated rings. The van der Waals surface area contributed by atoms with Gasteiger partial charge in [-0.25, -0.2) is 4.98 Å². The monoisotopic (exact) mass is 375 g/mol. The Hall–Kier alpha value is -2.31. The topological polar surface area (TPSA) is 54.9 Å². The van der Waals surface area contributed by atoms with Gasteiger partial charge in [0.25, 0.3) is 5.91 Å². The van der Waals surface area contributed by atoms with E-state index in [0.717, 1.165) is 18.9 Å². The molecular weight excluding hydrogens is 354 g/mol. The Morgan fingerprint density at radius 1 is 1.31 bits per heavy atom. The summed E-state index contributed by atoms with van der Waals surface area (Å²) >= 11 is 5.92. The molecule has 0 bridgehead atoms. The van der Waals surface area contributed by atoms with Crippen LogP contribution in [-0.4, -0.2) is 62.3 Å². The van der Waals surface area contributed by atoms with Crippen molar-refractivity contribution in [3.63, 3.8) is 0 Å². The minimum Gasteiger partial charge on any atom is -0.492 e. The summed E-state index contributed by atoms with van der Waals surface area (Å²) in [5, 5.41) is 0.623. The molecule has 26 heavy (non-hydrogen) atoms. The number of amides is 1. The summed E-state index contributed by atoms with van der Waals surface area (Å²) in [5.74, 6) is 1.48. The maximum absolute atomic E-state index is 12.5. The van der Waals surface area contributed by atoms with Gasteiger partial charge in [-0.05, 0) is 30.3 Å². The van der Waals surface area contributed by atoms with E-state index in [4.69, 9.17) is 21.1 Å². The number of hydrogen-bond donors (Lipinski definition) is 0. The van der Waals surface area contributed by atoms with Crippen LogP contribution in [0.5, 0.6) is 5.75 Å². The first-order valence-corrected chi connectivity index (χ1v) is 8.94. The molecule has 0 spiro atoms. The zero-order valence-electron chi connectivity index (χ0n) is 14.7. The molecule has 1 aliphatic heterocycles. The fourth-order valence-electron chi connectivity index (χ4n) is 2.67. The highest BCUT2D eigenvalue weighted by Gasteiger charge is 2.15. The van der Waals surface area contributed by atoms with E-state index in [-0.39, 0.29) is 5.91 Å². The van der Waals surface area contributed by atoms with Crippen LogP contribution in [0.2, 0.25) is 5.02 Å². The molecule has 2 heterocycles. The Labute approximate surface area is 158 Å². The molecule has 2 aromatic rings. The number of pyridine rings is 1. The lowest BCUT2D eigenvalue weighted by atomic mass is 10.2. The van der Waals surface area contributed by atoms with Gasteiger partial charge in [0.2, 0.25) is 0 Å². The highest BCUT2D eigenvalue weighted by Crippen LogP contribution is 2.17. The van der Waals surface area contributed by atoms with Crippen LogP contribution in [0.1, 0.15) is 10.4 Å². The number of nitrogens with zero attached hydrogens (tertiary/aromatic N) is 3. The van der Waals surface area contributed by atoms with Gasteiger partial charge in [0.05, 0.1) is 25.3 Å². The third kappa shape index (κ3) is 4.86. The lowest BCUT2D eigenvalue weighted by Gasteiger charge is -2.27. The number of rotatable bonds is 6. The van der Waals surface area contributed by atoms with E-state index < -0.39 is 0 Å². The lowest BCUT2D eigenvalue weighted by molar-refractivity contribution is 0.0773. The summed E-state index contributed by atoms with van der Waals surface area (Å²) in [6.07, 6.45) is 1.63. The second-order valence-corrected chi connectivity index (χ2v) is 6.47. The summed E-state index contributed by atoms with van der Waals surface area (Å²) in [7, 11) is 1.75. The van der Waals surface area contributed by atoms with Gasteiger partial charge < -0.3 is 19.3 Å². The number of morpholine rings is 1. The van der Waals surface area contributed by atoms with Crippen molar-refractivity contribution >= 4 is 23.3 Å². The molecule has 0 N–H and O–H groups in total. The minimum absolute atomic E-state index is 0.0827. The van der Waals surface area contributed by atoms with E-state index in [1.54, 1.807) is 30.3 Å². The molecule has 138 valence electrons. The Morgan fingerprint density at radius 2 is 2.12 bits per heavy atom. The molecule has 1 aromatic heterocycles. The summed E-state index contributed by atoms with van der Waals surface area (Å²) in [4.78, 5) is 20.7. The number of ether oxygens (including phenoxy) is 2. The normalized spacial score (nSPS) is 14.2. The van der Waals surface area contributed by atoms with Gasteiger partial charge in [0, 0.05) is 31.4 Å². The molecule has 3 rings (SSSR count). The number of aromatic nitrogens is 1. The van der Waals surface area contributed by atoms with Gasteiger partial charge in [-0.3, -0.25) is 4.79 Å². The Bertz CT molecular complexity index is 733. The van der Waals surface area contributed by atoms with Crippen molar-refractivity contribution in [3.8, 4) is 5.75 Å². The molecule has 0 unspecified atom stereocenters. The molecule has 1 aromatic carbocycles. The van der Waals surface area contributed by atoms with Crippen LogP contribution in [0.4, 0.5) is 5.82 Å². The number of likely N-dealkylation sites (N-methyl/N-ethyl adjacent to an activating group) is 1. The molecule has 0 atom stereocenters. The second-order valence-electron chi connectivity index (χ2n) is 6.04. The number of anilines is 1. The fourth-order valence-corrected chi connectivity index (χ4v) is 2.85. The van der Waals surface area contributed by atoms with Gasteiger partial charge in [-0.1, -0.05) is 17.7 Å². The summed E-state index contributed by atoms with van der Waals surface area (Å²) in [5.41, 5.74) is 0.562. The molecule has 0 aliphatic carbocycles. The average molecular weight is 376 g/mol. The van der Waals surface area contributed by atoms with E-state index >= 15 is 0 Å². The molecule has 6 nitrogen and oxygen atoms in total. The van der Waals surface area contributed by atoms with Crippen molar-refractivity contribution in [1.82, 2.24) is 9.88 Å². The van der Waals surface area contributed by atoms with E-state index in [9.17, 15) is 4.79 Å². The van der Waals surface area contributed by atoms with Crippen LogP contribution in [-0.2, 0) is 4.74 Å². The largest absolute Gasteiger partial charge is 0.492 e. The maximum Gasteiger partial charge on any atom is 0.255 e. The van der Waals surface area contributed by atoms with Gasteiger partial charge >= 0.3 is 0 Å². The van der Waals surface area contributed by atoms with E-state index in [2.05, 4.69) is 9.88 Å². The highest BCUT2D eigenvalue weighted by atomic mass is 35.5. The average Bonchev–Trinajstić information content (AvgIpc) is 2.68. The second kappa shape index (κ2) is 8.87. The predicted molar refractivity (Wildman–Crippen MR) is 101 cm³/mol. The first-order valence-electron chi connectivity index (χ1n) is 8.56. The van der Waals surface area contributed by atoms with Crippen molar-refractivity contribution in [2.75, 3.05) is 51.4 Å². The standard InChI is InChI=1S/C19H22ClN3O3/c1-22(7-12-26-17-4-2-3-16(20)13-17)19(24)15-5-6-18(21-14-15)23-8-10-25-11-9-23/h2-6,13-14H,7-12H2,1H3. The van der Waals surface area contributed by atoms with Crippen LogP contribution in [0.3, 0.4) is 0 Å². The maximum atomic E-state index is 12.5. The van der Waals surface area contributed by atoms with Crippen molar-refractivity contribution in [2.24, 2.45) is 0 Å². The molecule has 7 heteroatoms. The zero-order valence-corrected chi connectivity index (χ0v) is 15.5. The third-order valence-corrected chi connectivity index (χ3v) is 4.40. The zero-order chi connectivity index (χ0) is 18.4. The first kappa shape index (κ1) is 18.5. The van der Waals surface area contributed by atoms with Gasteiger partial charge in [0.1, 0.15) is 18.2 Å². The van der Waals surface area contributed by atoms with Crippen molar-refractivity contribution in [3.05, 3.63) is 53.2 Å². The van der Waals surface area contributed by atoms with Crippen LogP contribution >= 0.6 is 11.6 Å². The highest BCUT2D eigenvalue weighted by molar-refractivity contribution is 6.30. The van der Waals surface area contributed by atoms with Gasteiger partial charge in [-0.15, -0.1) is 0 Å². The van der Waals surface area contributed by atoms with Crippen molar-refractivity contribution < 1.29 is 14.3 Å².